The molecule has 2 amide bonds. The summed E-state index contributed by atoms with van der Waals surface area (Å²) in [5.74, 6) is -0.258. The van der Waals surface area contributed by atoms with Crippen molar-refractivity contribution in [2.24, 2.45) is 0 Å². The number of aromatic nitrogens is 1. The molecule has 0 radical (unpaired) electrons. The minimum atomic E-state index is -0.192. The highest BCUT2D eigenvalue weighted by molar-refractivity contribution is 7.99. The second-order valence-corrected chi connectivity index (χ2v) is 6.84. The van der Waals surface area contributed by atoms with Gasteiger partial charge in [0.15, 0.2) is 0 Å². The van der Waals surface area contributed by atoms with Crippen LogP contribution in [0.1, 0.15) is 10.4 Å². The van der Waals surface area contributed by atoms with Gasteiger partial charge in [0.2, 0.25) is 5.91 Å². The first-order chi connectivity index (χ1) is 12.2. The van der Waals surface area contributed by atoms with Crippen LogP contribution >= 0.6 is 11.8 Å². The largest absolute Gasteiger partial charge is 0.378 e. The van der Waals surface area contributed by atoms with E-state index in [1.54, 1.807) is 28.1 Å². The van der Waals surface area contributed by atoms with E-state index >= 15 is 0 Å². The minimum Gasteiger partial charge on any atom is -0.378 e. The van der Waals surface area contributed by atoms with Crippen LogP contribution in [0, 0.1) is 0 Å². The van der Waals surface area contributed by atoms with Crippen LogP contribution < -0.4 is 4.90 Å². The van der Waals surface area contributed by atoms with E-state index < -0.39 is 0 Å². The highest BCUT2D eigenvalue weighted by Crippen LogP contribution is 2.39. The molecule has 2 aliphatic rings. The lowest BCUT2D eigenvalue weighted by atomic mass is 10.2. The Morgan fingerprint density at radius 3 is 2.80 bits per heavy atom. The van der Waals surface area contributed by atoms with Crippen LogP contribution in [0.4, 0.5) is 5.69 Å². The number of hydrogen-bond acceptors (Lipinski definition) is 5. The van der Waals surface area contributed by atoms with Crippen molar-refractivity contribution in [1.82, 2.24) is 9.88 Å². The maximum Gasteiger partial charge on any atom is 0.261 e. The highest BCUT2D eigenvalue weighted by Gasteiger charge is 2.30. The molecular weight excluding hydrogens is 338 g/mol. The van der Waals surface area contributed by atoms with E-state index in [4.69, 9.17) is 4.74 Å². The molecule has 0 atom stereocenters. The van der Waals surface area contributed by atoms with E-state index in [-0.39, 0.29) is 18.4 Å². The number of pyridine rings is 1. The molecule has 6 nitrogen and oxygen atoms in total. The third-order valence-corrected chi connectivity index (χ3v) is 5.35. The summed E-state index contributed by atoms with van der Waals surface area (Å²) in [5, 5.41) is 0.668. The molecule has 0 unspecified atom stereocenters. The average molecular weight is 355 g/mol. The normalized spacial score (nSPS) is 16.9. The average Bonchev–Trinajstić information content (AvgIpc) is 2.78. The zero-order chi connectivity index (χ0) is 17.2. The third-order valence-electron chi connectivity index (χ3n) is 4.27. The summed E-state index contributed by atoms with van der Waals surface area (Å²) < 4.78 is 5.30. The number of nitrogens with zero attached hydrogens (tertiary/aromatic N) is 3. The van der Waals surface area contributed by atoms with Crippen molar-refractivity contribution in [3.63, 3.8) is 0 Å². The molecule has 0 spiro atoms. The summed E-state index contributed by atoms with van der Waals surface area (Å²) in [6.07, 6.45) is 1.68. The summed E-state index contributed by atoms with van der Waals surface area (Å²) in [4.78, 5) is 34.4. The standard InChI is InChI=1S/C18H17N3O3S/c22-16(20-8-10-24-11-9-20)12-21-14-5-1-2-6-15(14)25-17-13(18(21)23)4-3-7-19-17/h1-7H,8-12H2. The van der Waals surface area contributed by atoms with Crippen LogP contribution in [0.25, 0.3) is 0 Å². The van der Waals surface area contributed by atoms with Gasteiger partial charge in [0.1, 0.15) is 11.6 Å². The van der Waals surface area contributed by atoms with Gasteiger partial charge in [-0.15, -0.1) is 0 Å². The number of amides is 2. The van der Waals surface area contributed by atoms with Crippen LogP contribution in [0.2, 0.25) is 0 Å². The third kappa shape index (κ3) is 3.12. The number of ether oxygens (including phenoxy) is 1. The van der Waals surface area contributed by atoms with Gasteiger partial charge in [-0.25, -0.2) is 4.98 Å². The Bertz CT molecular complexity index is 821. The maximum absolute atomic E-state index is 13.1. The topological polar surface area (TPSA) is 62.7 Å². The van der Waals surface area contributed by atoms with Crippen LogP contribution in [0.15, 0.2) is 52.5 Å². The number of benzene rings is 1. The van der Waals surface area contributed by atoms with Crippen LogP contribution in [-0.4, -0.2) is 54.5 Å². The molecule has 7 heteroatoms. The molecule has 0 N–H and O–H groups in total. The van der Waals surface area contributed by atoms with Crippen LogP contribution in [0.3, 0.4) is 0 Å². The molecule has 0 saturated carbocycles. The van der Waals surface area contributed by atoms with Crippen molar-refractivity contribution in [2.75, 3.05) is 37.7 Å². The Labute approximate surface area is 149 Å². The fourth-order valence-electron chi connectivity index (χ4n) is 2.97. The van der Waals surface area contributed by atoms with Gasteiger partial charge in [-0.05, 0) is 24.3 Å². The van der Waals surface area contributed by atoms with Gasteiger partial charge in [0, 0.05) is 24.2 Å². The number of fused-ring (bicyclic) bond motifs is 2. The number of morpholine rings is 1. The lowest BCUT2D eigenvalue weighted by Gasteiger charge is -2.30. The first-order valence-electron chi connectivity index (χ1n) is 8.13. The molecule has 4 rings (SSSR count). The van der Waals surface area contributed by atoms with E-state index in [2.05, 4.69) is 4.98 Å². The summed E-state index contributed by atoms with van der Waals surface area (Å²) in [6.45, 7) is 2.23. The smallest absolute Gasteiger partial charge is 0.261 e. The predicted octanol–water partition coefficient (Wildman–Crippen LogP) is 2.05. The quantitative estimate of drug-likeness (QED) is 0.825. The van der Waals surface area contributed by atoms with E-state index in [0.717, 1.165) is 10.6 Å². The van der Waals surface area contributed by atoms with Crippen molar-refractivity contribution in [2.45, 2.75) is 9.92 Å². The van der Waals surface area contributed by atoms with Gasteiger partial charge in [-0.2, -0.15) is 0 Å². The first kappa shape index (κ1) is 16.1. The Kier molecular flexibility index (Phi) is 4.42. The predicted molar refractivity (Wildman–Crippen MR) is 93.9 cm³/mol. The first-order valence-corrected chi connectivity index (χ1v) is 8.95. The Hall–Kier alpha value is -2.38. The number of hydrogen-bond donors (Lipinski definition) is 0. The van der Waals surface area contributed by atoms with Crippen LogP contribution in [-0.2, 0) is 9.53 Å². The molecule has 0 bridgehead atoms. The number of para-hydroxylation sites is 1. The van der Waals surface area contributed by atoms with E-state index in [1.807, 2.05) is 24.3 Å². The molecule has 25 heavy (non-hydrogen) atoms. The highest BCUT2D eigenvalue weighted by atomic mass is 32.2. The second-order valence-electron chi connectivity index (χ2n) is 5.81. The van der Waals surface area contributed by atoms with E-state index in [9.17, 15) is 9.59 Å². The summed E-state index contributed by atoms with van der Waals surface area (Å²) in [5.41, 5.74) is 1.27. The van der Waals surface area contributed by atoms with Crippen molar-refractivity contribution in [1.29, 1.82) is 0 Å². The Balaban J connectivity index is 1.69. The number of anilines is 1. The number of rotatable bonds is 2. The fourth-order valence-corrected chi connectivity index (χ4v) is 3.98. The zero-order valence-electron chi connectivity index (χ0n) is 13.6. The van der Waals surface area contributed by atoms with Crippen molar-refractivity contribution in [3.05, 3.63) is 48.2 Å². The van der Waals surface area contributed by atoms with Crippen molar-refractivity contribution >= 4 is 29.3 Å². The molecule has 1 saturated heterocycles. The van der Waals surface area contributed by atoms with Gasteiger partial charge in [0.25, 0.3) is 5.91 Å². The van der Waals surface area contributed by atoms with Gasteiger partial charge in [0.05, 0.1) is 24.5 Å². The van der Waals surface area contributed by atoms with E-state index in [1.165, 1.54) is 11.8 Å². The summed E-state index contributed by atoms with van der Waals surface area (Å²) in [6, 6.07) is 11.1. The second kappa shape index (κ2) is 6.85. The molecule has 2 aliphatic heterocycles. The Morgan fingerprint density at radius 1 is 1.16 bits per heavy atom. The lowest BCUT2D eigenvalue weighted by Crippen LogP contribution is -2.47. The van der Waals surface area contributed by atoms with Gasteiger partial charge < -0.3 is 9.64 Å². The molecule has 2 aromatic rings. The SMILES string of the molecule is O=C(CN1C(=O)c2cccnc2Sc2ccccc21)N1CCOCC1. The number of carbonyl (C=O) groups is 2. The molecule has 1 aromatic heterocycles. The van der Waals surface area contributed by atoms with Gasteiger partial charge in [-0.3, -0.25) is 14.5 Å². The molecule has 0 aliphatic carbocycles. The lowest BCUT2D eigenvalue weighted by molar-refractivity contribution is -0.133. The van der Waals surface area contributed by atoms with Crippen LogP contribution in [0.5, 0.6) is 0 Å². The molecule has 1 aromatic carbocycles. The molecular formula is C18H17N3O3S. The summed E-state index contributed by atoms with van der Waals surface area (Å²) >= 11 is 1.45. The molecule has 128 valence electrons. The monoisotopic (exact) mass is 355 g/mol. The fraction of sp³-hybridized carbons (Fsp3) is 0.278. The number of carbonyl (C=O) groups excluding carboxylic acids is 2. The Morgan fingerprint density at radius 2 is 1.96 bits per heavy atom. The van der Waals surface area contributed by atoms with Crippen molar-refractivity contribution < 1.29 is 14.3 Å². The van der Waals surface area contributed by atoms with Gasteiger partial charge >= 0.3 is 0 Å². The van der Waals surface area contributed by atoms with Gasteiger partial charge in [-0.1, -0.05) is 23.9 Å². The molecule has 3 heterocycles. The van der Waals surface area contributed by atoms with Crippen molar-refractivity contribution in [3.8, 4) is 0 Å². The zero-order valence-corrected chi connectivity index (χ0v) is 14.4. The summed E-state index contributed by atoms with van der Waals surface area (Å²) in [7, 11) is 0. The molecule has 1 fully saturated rings. The minimum absolute atomic E-state index is 0.0186. The van der Waals surface area contributed by atoms with E-state index in [0.29, 0.717) is 36.9 Å². The maximum atomic E-state index is 13.1.